The molecule has 1 aliphatic heterocycles. The summed E-state index contributed by atoms with van der Waals surface area (Å²) in [6.45, 7) is 5.32. The van der Waals surface area contributed by atoms with Crippen LogP contribution in [0.4, 0.5) is 0 Å². The van der Waals surface area contributed by atoms with Crippen LogP contribution in [0.5, 0.6) is 5.75 Å². The second-order valence-electron chi connectivity index (χ2n) is 10.2. The van der Waals surface area contributed by atoms with Crippen LogP contribution in [-0.4, -0.2) is 47.5 Å². The molecule has 0 radical (unpaired) electrons. The summed E-state index contributed by atoms with van der Waals surface area (Å²) in [6.07, 6.45) is -4.44. The lowest BCUT2D eigenvalue weighted by Gasteiger charge is -2.46. The summed E-state index contributed by atoms with van der Waals surface area (Å²) in [4.78, 5) is 12.9. The van der Waals surface area contributed by atoms with Gasteiger partial charge in [0, 0.05) is 30.0 Å². The predicted molar refractivity (Wildman–Crippen MR) is 143 cm³/mol. The van der Waals surface area contributed by atoms with Gasteiger partial charge in [-0.05, 0) is 49.6 Å². The minimum Gasteiger partial charge on any atom is -0.462 e. The largest absolute Gasteiger partial charge is 0.462 e. The monoisotopic (exact) mass is 516 g/mol. The van der Waals surface area contributed by atoms with Gasteiger partial charge in [-0.3, -0.25) is 0 Å². The minimum atomic E-state index is -1.35. The Morgan fingerprint density at radius 1 is 0.895 bits per heavy atom. The van der Waals surface area contributed by atoms with Crippen LogP contribution in [0.3, 0.4) is 0 Å². The third-order valence-electron chi connectivity index (χ3n) is 7.26. The van der Waals surface area contributed by atoms with Crippen molar-refractivity contribution in [1.29, 1.82) is 0 Å². The fourth-order valence-electron chi connectivity index (χ4n) is 5.41. The summed E-state index contributed by atoms with van der Waals surface area (Å²) >= 11 is 0. The predicted octanol–water partition coefficient (Wildman–Crippen LogP) is 4.53. The van der Waals surface area contributed by atoms with Crippen molar-refractivity contribution < 1.29 is 28.8 Å². The minimum absolute atomic E-state index is 0.194. The Labute approximate surface area is 221 Å². The molecule has 7 heteroatoms. The van der Waals surface area contributed by atoms with Gasteiger partial charge >= 0.3 is 5.63 Å². The Morgan fingerprint density at radius 3 is 2.08 bits per heavy atom. The Bertz CT molecular complexity index is 1420. The van der Waals surface area contributed by atoms with E-state index in [0.29, 0.717) is 16.9 Å². The van der Waals surface area contributed by atoms with Gasteiger partial charge in [0.1, 0.15) is 29.6 Å². The molecule has 0 unspecified atom stereocenters. The van der Waals surface area contributed by atoms with Gasteiger partial charge in [0.25, 0.3) is 0 Å². The van der Waals surface area contributed by atoms with E-state index in [0.717, 1.165) is 22.1 Å². The van der Waals surface area contributed by atoms with E-state index in [-0.39, 0.29) is 5.92 Å². The molecule has 2 N–H and O–H groups in total. The molecule has 4 aromatic rings. The second kappa shape index (κ2) is 10.3. The number of aliphatic hydroxyl groups is 2. The van der Waals surface area contributed by atoms with Gasteiger partial charge in [0.15, 0.2) is 0 Å². The molecule has 0 aliphatic carbocycles. The van der Waals surface area contributed by atoms with Crippen molar-refractivity contribution in [3.05, 3.63) is 112 Å². The highest BCUT2D eigenvalue weighted by Gasteiger charge is 2.50. The summed E-state index contributed by atoms with van der Waals surface area (Å²) in [5.41, 5.74) is 2.49. The molecule has 0 saturated carbocycles. The lowest BCUT2D eigenvalue weighted by Crippen LogP contribution is -2.63. The standard InChI is InChI=1S/C31H32O7/c1-18-23(36-30-27(34)26(33)29(35-4)31(2,3)38-30)16-15-21-22(17-24(32)37-28(18)21)25(19-11-7-5-8-12-19)20-13-9-6-10-14-20/h5-17,25-27,29-30,33-34H,1-4H3/t26-,27-,29-,30-/m1/s1. The highest BCUT2D eigenvalue weighted by atomic mass is 16.7. The number of ether oxygens (including phenoxy) is 3. The maximum Gasteiger partial charge on any atom is 0.336 e. The van der Waals surface area contributed by atoms with E-state index in [4.69, 9.17) is 18.6 Å². The zero-order valence-electron chi connectivity index (χ0n) is 21.8. The van der Waals surface area contributed by atoms with Crippen LogP contribution in [0.1, 0.15) is 42.0 Å². The van der Waals surface area contributed by atoms with E-state index in [1.807, 2.05) is 66.7 Å². The first-order valence-electron chi connectivity index (χ1n) is 12.6. The molecule has 0 spiro atoms. The lowest BCUT2D eigenvalue weighted by atomic mass is 9.83. The van der Waals surface area contributed by atoms with Crippen molar-refractivity contribution in [2.45, 2.75) is 56.9 Å². The first kappa shape index (κ1) is 26.1. The van der Waals surface area contributed by atoms with Crippen LogP contribution >= 0.6 is 0 Å². The Hall–Kier alpha value is -3.49. The molecule has 1 saturated heterocycles. The Balaban J connectivity index is 1.59. The third kappa shape index (κ3) is 4.74. The summed E-state index contributed by atoms with van der Waals surface area (Å²) in [7, 11) is 1.46. The smallest absolute Gasteiger partial charge is 0.336 e. The summed E-state index contributed by atoms with van der Waals surface area (Å²) < 4.78 is 23.1. The van der Waals surface area contributed by atoms with E-state index in [1.165, 1.54) is 7.11 Å². The highest BCUT2D eigenvalue weighted by molar-refractivity contribution is 5.86. The number of hydrogen-bond donors (Lipinski definition) is 2. The molecular weight excluding hydrogens is 484 g/mol. The van der Waals surface area contributed by atoms with Crippen LogP contribution < -0.4 is 10.4 Å². The average Bonchev–Trinajstić information content (AvgIpc) is 2.90. The number of benzene rings is 3. The average molecular weight is 517 g/mol. The summed E-state index contributed by atoms with van der Waals surface area (Å²) in [5.74, 6) is 0.178. The molecule has 7 nitrogen and oxygen atoms in total. The van der Waals surface area contributed by atoms with Crippen LogP contribution in [0.25, 0.3) is 11.0 Å². The third-order valence-corrected chi connectivity index (χ3v) is 7.26. The fraction of sp³-hybridized carbons (Fsp3) is 0.323. The maximum atomic E-state index is 12.9. The van der Waals surface area contributed by atoms with Gasteiger partial charge in [-0.15, -0.1) is 0 Å². The van der Waals surface area contributed by atoms with Gasteiger partial charge in [0.05, 0.1) is 5.60 Å². The van der Waals surface area contributed by atoms with Gasteiger partial charge in [0.2, 0.25) is 6.29 Å². The van der Waals surface area contributed by atoms with Crippen molar-refractivity contribution in [3.63, 3.8) is 0 Å². The summed E-state index contributed by atoms with van der Waals surface area (Å²) in [5, 5.41) is 22.1. The molecule has 3 aromatic carbocycles. The molecule has 38 heavy (non-hydrogen) atoms. The molecule has 1 fully saturated rings. The second-order valence-corrected chi connectivity index (χ2v) is 10.2. The first-order valence-corrected chi connectivity index (χ1v) is 12.6. The molecule has 1 aromatic heterocycles. The number of aryl methyl sites for hydroxylation is 1. The molecule has 2 heterocycles. The van der Waals surface area contributed by atoms with Gasteiger partial charge < -0.3 is 28.8 Å². The topological polar surface area (TPSA) is 98.4 Å². The SMILES string of the molecule is CO[C@@H]1[C@H](O)[C@@H](O)[C@H](Oc2ccc3c(C(c4ccccc4)c4ccccc4)cc(=O)oc3c2C)OC1(C)C. The number of hydrogen-bond acceptors (Lipinski definition) is 7. The van der Waals surface area contributed by atoms with E-state index in [2.05, 4.69) is 0 Å². The molecule has 0 amide bonds. The molecule has 5 rings (SSSR count). The first-order chi connectivity index (χ1) is 18.2. The van der Waals surface area contributed by atoms with Crippen molar-refractivity contribution >= 4 is 11.0 Å². The number of fused-ring (bicyclic) bond motifs is 1. The van der Waals surface area contributed by atoms with Gasteiger partial charge in [-0.2, -0.15) is 0 Å². The molecular formula is C31H32O7. The van der Waals surface area contributed by atoms with Crippen molar-refractivity contribution in [2.75, 3.05) is 7.11 Å². The van der Waals surface area contributed by atoms with Crippen molar-refractivity contribution in [2.24, 2.45) is 0 Å². The molecule has 198 valence electrons. The maximum absolute atomic E-state index is 12.9. The van der Waals surface area contributed by atoms with Gasteiger partial charge in [-0.1, -0.05) is 60.7 Å². The fourth-order valence-corrected chi connectivity index (χ4v) is 5.41. The van der Waals surface area contributed by atoms with E-state index >= 15 is 0 Å². The normalized spacial score (nSPS) is 23.0. The van der Waals surface area contributed by atoms with Crippen LogP contribution in [-0.2, 0) is 9.47 Å². The van der Waals surface area contributed by atoms with E-state index in [9.17, 15) is 15.0 Å². The Morgan fingerprint density at radius 2 is 1.50 bits per heavy atom. The quantitative estimate of drug-likeness (QED) is 0.363. The van der Waals surface area contributed by atoms with Gasteiger partial charge in [-0.25, -0.2) is 4.79 Å². The molecule has 4 atom stereocenters. The van der Waals surface area contributed by atoms with Crippen LogP contribution in [0, 0.1) is 6.92 Å². The van der Waals surface area contributed by atoms with Crippen LogP contribution in [0.15, 0.2) is 88.1 Å². The number of rotatable bonds is 6. The Kier molecular flexibility index (Phi) is 7.11. The number of methoxy groups -OCH3 is 1. The molecule has 0 bridgehead atoms. The van der Waals surface area contributed by atoms with E-state index in [1.54, 1.807) is 32.9 Å². The van der Waals surface area contributed by atoms with Crippen LogP contribution in [0.2, 0.25) is 0 Å². The van der Waals surface area contributed by atoms with Crippen molar-refractivity contribution in [1.82, 2.24) is 0 Å². The molecule has 1 aliphatic rings. The summed E-state index contributed by atoms with van der Waals surface area (Å²) in [6, 6.07) is 25.2. The highest BCUT2D eigenvalue weighted by Crippen LogP contribution is 2.39. The zero-order valence-corrected chi connectivity index (χ0v) is 21.8. The lowest BCUT2D eigenvalue weighted by molar-refractivity contribution is -0.306. The zero-order chi connectivity index (χ0) is 27.0. The number of aliphatic hydroxyl groups excluding tert-OH is 2. The van der Waals surface area contributed by atoms with Crippen molar-refractivity contribution in [3.8, 4) is 5.75 Å². The van der Waals surface area contributed by atoms with E-state index < -0.39 is 35.8 Å².